The SMILES string of the molecule is CC(C)(C)OC(=O)N1CCC(C2=C(C(=O)O)C=CCCN2c2ccc(F)cc2)CC1. The summed E-state index contributed by atoms with van der Waals surface area (Å²) in [5.41, 5.74) is 1.20. The minimum atomic E-state index is -0.982. The number of nitrogens with zero attached hydrogens (tertiary/aromatic N) is 2. The van der Waals surface area contributed by atoms with E-state index in [1.54, 1.807) is 23.1 Å². The van der Waals surface area contributed by atoms with Crippen LogP contribution in [0.5, 0.6) is 0 Å². The highest BCUT2D eigenvalue weighted by Crippen LogP contribution is 2.35. The van der Waals surface area contributed by atoms with E-state index >= 15 is 0 Å². The van der Waals surface area contributed by atoms with Crippen LogP contribution in [0, 0.1) is 11.7 Å². The summed E-state index contributed by atoms with van der Waals surface area (Å²) >= 11 is 0. The minimum Gasteiger partial charge on any atom is -0.478 e. The standard InChI is InChI=1S/C23H29FN2O4/c1-23(2,3)30-22(29)25-14-11-16(12-15-25)20-19(21(27)28)6-4-5-13-26(20)18-9-7-17(24)8-10-18/h4,6-10,16H,5,11-15H2,1-3H3,(H,27,28). The Labute approximate surface area is 176 Å². The van der Waals surface area contributed by atoms with E-state index in [-0.39, 0.29) is 23.4 Å². The molecule has 0 aromatic heterocycles. The Morgan fingerprint density at radius 1 is 1.10 bits per heavy atom. The van der Waals surface area contributed by atoms with Gasteiger partial charge in [0.1, 0.15) is 11.4 Å². The monoisotopic (exact) mass is 416 g/mol. The Balaban J connectivity index is 1.85. The van der Waals surface area contributed by atoms with Crippen molar-refractivity contribution in [2.24, 2.45) is 5.92 Å². The van der Waals surface area contributed by atoms with Crippen LogP contribution in [0.15, 0.2) is 47.7 Å². The third kappa shape index (κ3) is 5.20. The van der Waals surface area contributed by atoms with Crippen LogP contribution in [-0.2, 0) is 9.53 Å². The molecule has 0 atom stereocenters. The molecule has 1 N–H and O–H groups in total. The summed E-state index contributed by atoms with van der Waals surface area (Å²) in [5.74, 6) is -1.34. The van der Waals surface area contributed by atoms with Crippen LogP contribution in [0.25, 0.3) is 0 Å². The summed E-state index contributed by atoms with van der Waals surface area (Å²) in [4.78, 5) is 28.1. The number of carboxylic acids is 1. The molecule has 2 aliphatic rings. The maximum Gasteiger partial charge on any atom is 0.410 e. The largest absolute Gasteiger partial charge is 0.478 e. The molecule has 1 aromatic rings. The first-order valence-electron chi connectivity index (χ1n) is 10.3. The van der Waals surface area contributed by atoms with E-state index in [2.05, 4.69) is 0 Å². The number of likely N-dealkylation sites (tertiary alicyclic amines) is 1. The summed E-state index contributed by atoms with van der Waals surface area (Å²) in [7, 11) is 0. The number of amides is 1. The molecule has 1 amide bonds. The van der Waals surface area contributed by atoms with E-state index in [0.717, 1.165) is 11.4 Å². The van der Waals surface area contributed by atoms with Crippen molar-refractivity contribution in [2.75, 3.05) is 24.5 Å². The van der Waals surface area contributed by atoms with Crippen LogP contribution in [0.1, 0.15) is 40.0 Å². The molecule has 3 rings (SSSR count). The van der Waals surface area contributed by atoms with Crippen LogP contribution in [0.3, 0.4) is 0 Å². The van der Waals surface area contributed by atoms with Crippen molar-refractivity contribution in [1.82, 2.24) is 4.90 Å². The number of carbonyl (C=O) groups is 2. The Morgan fingerprint density at radius 3 is 2.30 bits per heavy atom. The fourth-order valence-corrected chi connectivity index (χ4v) is 3.93. The topological polar surface area (TPSA) is 70.1 Å². The van der Waals surface area contributed by atoms with Crippen molar-refractivity contribution < 1.29 is 23.8 Å². The second-order valence-electron chi connectivity index (χ2n) is 8.66. The zero-order valence-electron chi connectivity index (χ0n) is 17.7. The fraction of sp³-hybridized carbons (Fsp3) is 0.478. The van der Waals surface area contributed by atoms with Crippen LogP contribution in [0.4, 0.5) is 14.9 Å². The number of hydrogen-bond donors (Lipinski definition) is 1. The molecule has 7 heteroatoms. The van der Waals surface area contributed by atoms with Crippen molar-refractivity contribution in [3.63, 3.8) is 0 Å². The molecule has 0 unspecified atom stereocenters. The Hall–Kier alpha value is -2.83. The molecular weight excluding hydrogens is 387 g/mol. The van der Waals surface area contributed by atoms with Gasteiger partial charge in [0.2, 0.25) is 0 Å². The molecule has 0 saturated carbocycles. The van der Waals surface area contributed by atoms with Crippen LogP contribution in [-0.4, -0.2) is 47.3 Å². The number of aliphatic carboxylic acids is 1. The van der Waals surface area contributed by atoms with Gasteiger partial charge in [-0.3, -0.25) is 0 Å². The summed E-state index contributed by atoms with van der Waals surface area (Å²) in [6.07, 6.45) is 5.15. The summed E-state index contributed by atoms with van der Waals surface area (Å²) < 4.78 is 18.9. The first-order chi connectivity index (χ1) is 14.2. The Kier molecular flexibility index (Phi) is 6.48. The van der Waals surface area contributed by atoms with Gasteiger partial charge in [0.15, 0.2) is 0 Å². The average molecular weight is 416 g/mol. The minimum absolute atomic E-state index is 0.0254. The van der Waals surface area contributed by atoms with Crippen molar-refractivity contribution in [1.29, 1.82) is 0 Å². The number of piperidine rings is 1. The number of carboxylic acid groups (broad SMARTS) is 1. The number of allylic oxidation sites excluding steroid dienone is 1. The Bertz CT molecular complexity index is 847. The normalized spacial score (nSPS) is 18.4. The van der Waals surface area contributed by atoms with Crippen molar-refractivity contribution in [3.05, 3.63) is 53.5 Å². The van der Waals surface area contributed by atoms with E-state index in [4.69, 9.17) is 4.74 Å². The van der Waals surface area contributed by atoms with E-state index in [0.29, 0.717) is 38.9 Å². The molecule has 1 aromatic carbocycles. The maximum atomic E-state index is 13.4. The number of carbonyl (C=O) groups excluding carboxylic acids is 1. The summed E-state index contributed by atoms with van der Waals surface area (Å²) in [5, 5.41) is 9.86. The van der Waals surface area contributed by atoms with Gasteiger partial charge in [-0.2, -0.15) is 0 Å². The van der Waals surface area contributed by atoms with Gasteiger partial charge in [-0.1, -0.05) is 6.08 Å². The summed E-state index contributed by atoms with van der Waals surface area (Å²) in [6.45, 7) is 7.11. The molecule has 2 heterocycles. The number of rotatable bonds is 3. The van der Waals surface area contributed by atoms with E-state index in [9.17, 15) is 19.1 Å². The van der Waals surface area contributed by atoms with E-state index in [1.807, 2.05) is 31.7 Å². The lowest BCUT2D eigenvalue weighted by Crippen LogP contribution is -2.43. The van der Waals surface area contributed by atoms with Crippen molar-refractivity contribution in [3.8, 4) is 0 Å². The van der Waals surface area contributed by atoms with Gasteiger partial charge in [0.25, 0.3) is 0 Å². The number of ether oxygens (including phenoxy) is 1. The molecular formula is C23H29FN2O4. The zero-order valence-corrected chi connectivity index (χ0v) is 17.7. The molecule has 30 heavy (non-hydrogen) atoms. The smallest absolute Gasteiger partial charge is 0.410 e. The van der Waals surface area contributed by atoms with Gasteiger partial charge < -0.3 is 19.6 Å². The molecule has 6 nitrogen and oxygen atoms in total. The van der Waals surface area contributed by atoms with Crippen molar-refractivity contribution in [2.45, 2.75) is 45.6 Å². The molecule has 0 radical (unpaired) electrons. The lowest BCUT2D eigenvalue weighted by atomic mass is 9.89. The van der Waals surface area contributed by atoms with Gasteiger partial charge >= 0.3 is 12.1 Å². The van der Waals surface area contributed by atoms with Crippen molar-refractivity contribution >= 4 is 17.7 Å². The number of benzene rings is 1. The molecule has 162 valence electrons. The first kappa shape index (κ1) is 21.9. The number of anilines is 1. The van der Waals surface area contributed by atoms with Crippen LogP contribution >= 0.6 is 0 Å². The highest BCUT2D eigenvalue weighted by Gasteiger charge is 2.33. The van der Waals surface area contributed by atoms with Crippen LogP contribution < -0.4 is 4.90 Å². The Morgan fingerprint density at radius 2 is 1.73 bits per heavy atom. The first-order valence-corrected chi connectivity index (χ1v) is 10.3. The second kappa shape index (κ2) is 8.90. The predicted molar refractivity (Wildman–Crippen MR) is 113 cm³/mol. The third-order valence-corrected chi connectivity index (χ3v) is 5.27. The highest BCUT2D eigenvalue weighted by atomic mass is 19.1. The molecule has 0 aliphatic carbocycles. The average Bonchev–Trinajstić information content (AvgIpc) is 2.90. The zero-order chi connectivity index (χ0) is 21.9. The van der Waals surface area contributed by atoms with Gasteiger partial charge in [-0.15, -0.1) is 0 Å². The summed E-state index contributed by atoms with van der Waals surface area (Å²) in [6, 6.07) is 6.12. The van der Waals surface area contributed by atoms with Crippen LogP contribution in [0.2, 0.25) is 0 Å². The second-order valence-corrected chi connectivity index (χ2v) is 8.66. The van der Waals surface area contributed by atoms with E-state index in [1.165, 1.54) is 12.1 Å². The van der Waals surface area contributed by atoms with Gasteiger partial charge in [0.05, 0.1) is 5.57 Å². The predicted octanol–water partition coefficient (Wildman–Crippen LogP) is 4.58. The molecule has 1 saturated heterocycles. The molecule has 0 bridgehead atoms. The number of hydrogen-bond acceptors (Lipinski definition) is 4. The highest BCUT2D eigenvalue weighted by molar-refractivity contribution is 5.92. The lowest BCUT2D eigenvalue weighted by molar-refractivity contribution is -0.132. The quantitative estimate of drug-likeness (QED) is 0.781. The lowest BCUT2D eigenvalue weighted by Gasteiger charge is -2.38. The molecule has 0 spiro atoms. The maximum absolute atomic E-state index is 13.4. The van der Waals surface area contributed by atoms with Gasteiger partial charge in [-0.05, 0) is 70.4 Å². The number of halogens is 1. The van der Waals surface area contributed by atoms with Gasteiger partial charge in [0, 0.05) is 36.9 Å². The molecule has 2 aliphatic heterocycles. The third-order valence-electron chi connectivity index (χ3n) is 5.27. The van der Waals surface area contributed by atoms with Gasteiger partial charge in [-0.25, -0.2) is 14.0 Å². The molecule has 1 fully saturated rings. The fourth-order valence-electron chi connectivity index (χ4n) is 3.93. The van der Waals surface area contributed by atoms with E-state index < -0.39 is 11.6 Å².